The molecule has 0 bridgehead atoms. The third-order valence-corrected chi connectivity index (χ3v) is 6.45. The molecule has 0 unspecified atom stereocenters. The van der Waals surface area contributed by atoms with Crippen molar-refractivity contribution in [2.24, 2.45) is 20.5 Å². The zero-order chi connectivity index (χ0) is 31.6. The molecule has 0 atom stereocenters. The van der Waals surface area contributed by atoms with Gasteiger partial charge in [0.2, 0.25) is 0 Å². The number of carbonyl (C=O) groups is 3. The first-order valence-corrected chi connectivity index (χ1v) is 13.4. The van der Waals surface area contributed by atoms with E-state index < -0.39 is 22.7 Å². The fraction of sp³-hybridized carbons (Fsp3) is 0.276. The molecule has 15 nitrogen and oxygen atoms in total. The van der Waals surface area contributed by atoms with Crippen LogP contribution >= 0.6 is 0 Å². The summed E-state index contributed by atoms with van der Waals surface area (Å²) < 4.78 is 10.9. The van der Waals surface area contributed by atoms with Gasteiger partial charge in [-0.1, -0.05) is 0 Å². The van der Waals surface area contributed by atoms with E-state index in [1.807, 2.05) is 24.1 Å². The van der Waals surface area contributed by atoms with Crippen molar-refractivity contribution in [3.63, 3.8) is 0 Å². The molecule has 44 heavy (non-hydrogen) atoms. The standard InChI is InChI=1S/C29H29N7O8/c1-34(16-4-5-29(39)44-35-27(37)14-15-28(35)38)21-10-6-19(7-11-21)30-32-23-17-26(43-3)24(18-25(23)42-2)33-31-20-8-12-22(13-9-20)36(40)41/h6-13,17-18H,4-5,14-16H2,1-3H3/b32-30?,33-31+. The van der Waals surface area contributed by atoms with Crippen molar-refractivity contribution >= 4 is 51.9 Å². The first-order chi connectivity index (χ1) is 21.2. The summed E-state index contributed by atoms with van der Waals surface area (Å²) in [6, 6.07) is 16.1. The summed E-state index contributed by atoms with van der Waals surface area (Å²) in [7, 11) is 4.82. The predicted octanol–water partition coefficient (Wildman–Crippen LogP) is 6.27. The zero-order valence-electron chi connectivity index (χ0n) is 24.2. The number of methoxy groups -OCH3 is 2. The average molecular weight is 604 g/mol. The van der Waals surface area contributed by atoms with Gasteiger partial charge in [-0.25, -0.2) is 4.79 Å². The highest BCUT2D eigenvalue weighted by Crippen LogP contribution is 2.41. The first-order valence-electron chi connectivity index (χ1n) is 13.4. The van der Waals surface area contributed by atoms with Gasteiger partial charge in [-0.2, -0.15) is 10.2 Å². The van der Waals surface area contributed by atoms with Crippen LogP contribution in [0.3, 0.4) is 0 Å². The molecule has 4 rings (SSSR count). The summed E-state index contributed by atoms with van der Waals surface area (Å²) in [6.45, 7) is 0.530. The summed E-state index contributed by atoms with van der Waals surface area (Å²) in [5, 5.41) is 28.3. The Kier molecular flexibility index (Phi) is 10.2. The number of imide groups is 1. The maximum absolute atomic E-state index is 12.0. The number of nitro groups is 1. The molecule has 3 aromatic rings. The number of nitrogens with zero attached hydrogens (tertiary/aromatic N) is 7. The topological polar surface area (TPSA) is 178 Å². The van der Waals surface area contributed by atoms with Crippen LogP contribution in [0.5, 0.6) is 11.5 Å². The molecule has 228 valence electrons. The van der Waals surface area contributed by atoms with Crippen molar-refractivity contribution in [3.8, 4) is 11.5 Å². The molecule has 1 fully saturated rings. The summed E-state index contributed by atoms with van der Waals surface area (Å²) in [5.74, 6) is -0.901. The van der Waals surface area contributed by atoms with E-state index in [4.69, 9.17) is 14.3 Å². The van der Waals surface area contributed by atoms with E-state index in [1.54, 1.807) is 24.3 Å². The lowest BCUT2D eigenvalue weighted by atomic mass is 10.2. The summed E-state index contributed by atoms with van der Waals surface area (Å²) in [6.07, 6.45) is 0.617. The summed E-state index contributed by atoms with van der Waals surface area (Å²) in [4.78, 5) is 52.4. The molecule has 0 N–H and O–H groups in total. The highest BCUT2D eigenvalue weighted by Gasteiger charge is 2.32. The van der Waals surface area contributed by atoms with Crippen LogP contribution in [-0.4, -0.2) is 55.6 Å². The molecule has 0 spiro atoms. The minimum absolute atomic E-state index is 0.0487. The second kappa shape index (κ2) is 14.4. The molecule has 0 radical (unpaired) electrons. The molecule has 0 aliphatic carbocycles. The van der Waals surface area contributed by atoms with Crippen molar-refractivity contribution in [1.82, 2.24) is 5.06 Å². The van der Waals surface area contributed by atoms with Crippen LogP contribution in [-0.2, 0) is 19.2 Å². The minimum atomic E-state index is -0.634. The lowest BCUT2D eigenvalue weighted by Gasteiger charge is -2.19. The zero-order valence-corrected chi connectivity index (χ0v) is 24.2. The summed E-state index contributed by atoms with van der Waals surface area (Å²) >= 11 is 0. The van der Waals surface area contributed by atoms with Crippen LogP contribution < -0.4 is 14.4 Å². The van der Waals surface area contributed by atoms with Gasteiger partial charge in [-0.3, -0.25) is 19.7 Å². The average Bonchev–Trinajstić information content (AvgIpc) is 3.34. The Labute approximate surface area is 251 Å². The smallest absolute Gasteiger partial charge is 0.333 e. The number of hydroxylamine groups is 2. The molecule has 3 aromatic carbocycles. The van der Waals surface area contributed by atoms with Crippen LogP contribution in [0.4, 0.5) is 34.1 Å². The quantitative estimate of drug-likeness (QED) is 0.0942. The highest BCUT2D eigenvalue weighted by molar-refractivity contribution is 6.01. The van der Waals surface area contributed by atoms with Gasteiger partial charge in [0.15, 0.2) is 0 Å². The first kappa shape index (κ1) is 31.2. The number of carbonyl (C=O) groups excluding carboxylic acids is 3. The van der Waals surface area contributed by atoms with Gasteiger partial charge in [0, 0.05) is 62.8 Å². The van der Waals surface area contributed by atoms with Gasteiger partial charge in [0.05, 0.1) is 30.5 Å². The van der Waals surface area contributed by atoms with E-state index in [-0.39, 0.29) is 24.9 Å². The van der Waals surface area contributed by atoms with Crippen LogP contribution in [0.2, 0.25) is 0 Å². The van der Waals surface area contributed by atoms with Crippen LogP contribution in [0.1, 0.15) is 25.7 Å². The van der Waals surface area contributed by atoms with E-state index in [0.29, 0.717) is 52.3 Å². The van der Waals surface area contributed by atoms with E-state index >= 15 is 0 Å². The fourth-order valence-corrected chi connectivity index (χ4v) is 4.05. The third-order valence-electron chi connectivity index (χ3n) is 6.45. The number of nitro benzene ring substituents is 1. The second-order valence-corrected chi connectivity index (χ2v) is 9.46. The Morgan fingerprint density at radius 3 is 1.84 bits per heavy atom. The van der Waals surface area contributed by atoms with E-state index in [9.17, 15) is 24.5 Å². The normalized spacial score (nSPS) is 13.1. The maximum atomic E-state index is 12.0. The van der Waals surface area contributed by atoms with Crippen LogP contribution in [0, 0.1) is 10.1 Å². The largest absolute Gasteiger partial charge is 0.494 e. The monoisotopic (exact) mass is 603 g/mol. The lowest BCUT2D eigenvalue weighted by molar-refractivity contribution is -0.384. The van der Waals surface area contributed by atoms with Gasteiger partial charge >= 0.3 is 5.97 Å². The number of hydrogen-bond donors (Lipinski definition) is 0. The Balaban J connectivity index is 1.35. The number of benzene rings is 3. The Bertz CT molecular complexity index is 1570. The number of anilines is 1. The van der Waals surface area contributed by atoms with Gasteiger partial charge < -0.3 is 19.2 Å². The van der Waals surface area contributed by atoms with E-state index in [1.165, 1.54) is 38.5 Å². The molecule has 1 aliphatic heterocycles. The minimum Gasteiger partial charge on any atom is -0.494 e. The molecule has 15 heteroatoms. The summed E-state index contributed by atoms with van der Waals surface area (Å²) in [5.41, 5.74) is 2.58. The molecular weight excluding hydrogens is 574 g/mol. The van der Waals surface area contributed by atoms with Crippen molar-refractivity contribution in [2.75, 3.05) is 32.7 Å². The molecule has 2 amide bonds. The SMILES string of the molecule is COc1cc(/N=N/c2ccc([N+](=O)[O-])cc2)c(OC)cc1N=Nc1ccc(N(C)CCCC(=O)ON2C(=O)CCC2=O)cc1. The molecule has 1 aliphatic rings. The maximum Gasteiger partial charge on any atom is 0.333 e. The number of hydrogen-bond acceptors (Lipinski definition) is 13. The fourth-order valence-electron chi connectivity index (χ4n) is 4.05. The third kappa shape index (κ3) is 7.96. The van der Waals surface area contributed by atoms with Gasteiger partial charge in [-0.15, -0.1) is 15.3 Å². The molecule has 0 aromatic heterocycles. The van der Waals surface area contributed by atoms with E-state index in [2.05, 4.69) is 20.5 Å². The number of azo groups is 2. The van der Waals surface area contributed by atoms with Crippen LogP contribution in [0.25, 0.3) is 0 Å². The Morgan fingerprint density at radius 2 is 1.36 bits per heavy atom. The van der Waals surface area contributed by atoms with Gasteiger partial charge in [0.1, 0.15) is 22.9 Å². The van der Waals surface area contributed by atoms with Gasteiger partial charge in [-0.05, 0) is 42.8 Å². The lowest BCUT2D eigenvalue weighted by Crippen LogP contribution is -2.32. The molecule has 0 saturated carbocycles. The van der Waals surface area contributed by atoms with Crippen molar-refractivity contribution < 1.29 is 33.6 Å². The van der Waals surface area contributed by atoms with Crippen molar-refractivity contribution in [3.05, 3.63) is 70.8 Å². The number of non-ortho nitro benzene ring substituents is 1. The van der Waals surface area contributed by atoms with E-state index in [0.717, 1.165) is 5.69 Å². The predicted molar refractivity (Wildman–Crippen MR) is 157 cm³/mol. The Hall–Kier alpha value is -5.73. The number of rotatable bonds is 13. The van der Waals surface area contributed by atoms with Crippen LogP contribution in [0.15, 0.2) is 81.1 Å². The highest BCUT2D eigenvalue weighted by atomic mass is 16.7. The second-order valence-electron chi connectivity index (χ2n) is 9.46. The number of ether oxygens (including phenoxy) is 2. The molecule has 1 heterocycles. The Morgan fingerprint density at radius 1 is 0.864 bits per heavy atom. The van der Waals surface area contributed by atoms with Crippen molar-refractivity contribution in [1.29, 1.82) is 0 Å². The van der Waals surface area contributed by atoms with Crippen molar-refractivity contribution in [2.45, 2.75) is 25.7 Å². The molecule has 1 saturated heterocycles. The van der Waals surface area contributed by atoms with Gasteiger partial charge in [0.25, 0.3) is 17.5 Å². The number of amides is 2. The molecular formula is C29H29N7O8.